The summed E-state index contributed by atoms with van der Waals surface area (Å²) in [6, 6.07) is 6.26. The summed E-state index contributed by atoms with van der Waals surface area (Å²) in [4.78, 5) is 54.5. The first-order valence-corrected chi connectivity index (χ1v) is 20.0. The molecule has 4 heterocycles. The van der Waals surface area contributed by atoms with Crippen molar-refractivity contribution in [3.05, 3.63) is 47.5 Å². The Kier molecular flexibility index (Phi) is 9.46. The molecule has 51 heavy (non-hydrogen) atoms. The lowest BCUT2D eigenvalue weighted by atomic mass is 10.1. The number of nitrogens with zero attached hydrogens (tertiary/aromatic N) is 4. The number of amides is 4. The molecule has 0 radical (unpaired) electrons. The van der Waals surface area contributed by atoms with Gasteiger partial charge in [0.1, 0.15) is 34.1 Å². The number of ether oxygens (including phenoxy) is 2. The number of sulfonamides is 1. The number of hydrogen-bond acceptors (Lipinski definition) is 10. The molecule has 2 aliphatic heterocycles. The number of urea groups is 1. The van der Waals surface area contributed by atoms with Crippen LogP contribution in [0.15, 0.2) is 41.8 Å². The summed E-state index contributed by atoms with van der Waals surface area (Å²) in [5.41, 5.74) is 0.177. The minimum absolute atomic E-state index is 0.109. The predicted octanol–water partition coefficient (Wildman–Crippen LogP) is 4.59. The Morgan fingerprint density at radius 2 is 1.96 bits per heavy atom. The van der Waals surface area contributed by atoms with Crippen molar-refractivity contribution in [1.82, 2.24) is 29.8 Å². The zero-order valence-corrected chi connectivity index (χ0v) is 30.9. The van der Waals surface area contributed by atoms with Gasteiger partial charge in [0.25, 0.3) is 5.91 Å². The maximum Gasteiger partial charge on any atom is 0.320 e. The molecule has 2 aromatic heterocycles. The van der Waals surface area contributed by atoms with Gasteiger partial charge in [0.15, 0.2) is 0 Å². The summed E-state index contributed by atoms with van der Waals surface area (Å²) >= 11 is 1.50. The number of allylic oxidation sites excluding steroid dienone is 1. The number of benzene rings is 1. The fraction of sp³-hybridized carbons (Fsp3) is 0.528. The van der Waals surface area contributed by atoms with Gasteiger partial charge in [-0.25, -0.2) is 23.2 Å². The SMILES string of the molecule is COc1ccc2c(OC3CC4C(=O)NC5(C(=O)NS(=O)(=O)C6CC6)CC5/C=C/CCCCN(C)C(=O)N4C3)nc(-c3nc(C(C)C)cs3)cc2c1. The Hall–Kier alpha value is -4.24. The normalized spacial score (nSPS) is 26.3. The number of nitrogens with one attached hydrogen (secondary N) is 2. The molecule has 1 aromatic carbocycles. The number of carbonyl (C=O) groups excluding carboxylic acids is 3. The summed E-state index contributed by atoms with van der Waals surface area (Å²) in [5, 5.41) is 6.66. The molecule has 13 nitrogen and oxygen atoms in total. The molecule has 272 valence electrons. The van der Waals surface area contributed by atoms with Crippen molar-refractivity contribution >= 4 is 50.0 Å². The molecule has 0 bridgehead atoms. The monoisotopic (exact) mass is 736 g/mol. The van der Waals surface area contributed by atoms with Crippen molar-refractivity contribution in [3.63, 3.8) is 0 Å². The van der Waals surface area contributed by atoms with Crippen molar-refractivity contribution in [2.75, 3.05) is 27.2 Å². The number of thiazole rings is 1. The standard InChI is InChI=1S/C36H44N6O7S2/c1-21(2)29-20-50-33(38-29)28-16-22-15-24(48-4)10-13-27(22)32(37-28)49-25-17-30-31(43)39-36(34(44)40-51(46,47)26-11-12-26)18-23(36)9-7-5-6-8-14-41(3)35(45)42(30)19-25/h7,9-10,13,15-16,20-21,23,25-26,30H,5-6,8,11-12,14,17-19H2,1-4H3,(H,39,43)(H,40,44)/b9-7+. The molecule has 3 aromatic rings. The first-order chi connectivity index (χ1) is 24.4. The van der Waals surface area contributed by atoms with Gasteiger partial charge in [-0.2, -0.15) is 0 Å². The second-order valence-electron chi connectivity index (χ2n) is 14.4. The molecule has 0 spiro atoms. The van der Waals surface area contributed by atoms with Crippen LogP contribution in [-0.2, 0) is 19.6 Å². The van der Waals surface area contributed by atoms with E-state index in [0.29, 0.717) is 36.7 Å². The van der Waals surface area contributed by atoms with Crippen LogP contribution in [0.1, 0.15) is 70.4 Å². The zero-order chi connectivity index (χ0) is 36.1. The second-order valence-corrected chi connectivity index (χ2v) is 17.2. The smallest absolute Gasteiger partial charge is 0.320 e. The van der Waals surface area contributed by atoms with Gasteiger partial charge in [-0.3, -0.25) is 14.3 Å². The van der Waals surface area contributed by atoms with E-state index < -0.39 is 44.8 Å². The summed E-state index contributed by atoms with van der Waals surface area (Å²) in [6.45, 7) is 4.79. The topological polar surface area (TPSA) is 160 Å². The number of carbonyl (C=O) groups is 3. The maximum absolute atomic E-state index is 14.2. The average molecular weight is 737 g/mol. The third-order valence-electron chi connectivity index (χ3n) is 10.2. The highest BCUT2D eigenvalue weighted by molar-refractivity contribution is 7.91. The van der Waals surface area contributed by atoms with Gasteiger partial charge in [-0.05, 0) is 74.1 Å². The lowest BCUT2D eigenvalue weighted by Crippen LogP contribution is -2.57. The van der Waals surface area contributed by atoms with Crippen LogP contribution in [0, 0.1) is 5.92 Å². The molecule has 2 aliphatic carbocycles. The number of fused-ring (bicyclic) bond motifs is 3. The molecule has 4 amide bonds. The first kappa shape index (κ1) is 35.2. The van der Waals surface area contributed by atoms with Gasteiger partial charge in [0.2, 0.25) is 21.8 Å². The minimum atomic E-state index is -3.84. The van der Waals surface area contributed by atoms with Gasteiger partial charge in [0.05, 0.1) is 24.6 Å². The molecule has 4 aliphatic rings. The van der Waals surface area contributed by atoms with E-state index >= 15 is 0 Å². The van der Waals surface area contributed by atoms with E-state index in [-0.39, 0.29) is 37.3 Å². The van der Waals surface area contributed by atoms with Crippen molar-refractivity contribution in [3.8, 4) is 22.3 Å². The number of pyridine rings is 1. The van der Waals surface area contributed by atoms with E-state index in [2.05, 4.69) is 23.9 Å². The van der Waals surface area contributed by atoms with E-state index in [1.165, 1.54) is 16.2 Å². The van der Waals surface area contributed by atoms with E-state index in [1.54, 1.807) is 19.1 Å². The van der Waals surface area contributed by atoms with Gasteiger partial charge >= 0.3 is 6.03 Å². The van der Waals surface area contributed by atoms with E-state index in [1.807, 2.05) is 41.8 Å². The summed E-state index contributed by atoms with van der Waals surface area (Å²) in [6.07, 6.45) is 6.99. The van der Waals surface area contributed by atoms with E-state index in [0.717, 1.165) is 40.7 Å². The molecule has 1 saturated heterocycles. The lowest BCUT2D eigenvalue weighted by Gasteiger charge is -2.30. The van der Waals surface area contributed by atoms with E-state index in [4.69, 9.17) is 19.4 Å². The highest BCUT2D eigenvalue weighted by atomic mass is 32.2. The van der Waals surface area contributed by atoms with E-state index in [9.17, 15) is 22.8 Å². The fourth-order valence-corrected chi connectivity index (χ4v) is 9.16. The number of rotatable bonds is 8. The molecule has 7 rings (SSSR count). The molecule has 15 heteroatoms. The molecule has 4 unspecified atom stereocenters. The quantitative estimate of drug-likeness (QED) is 0.316. The minimum Gasteiger partial charge on any atom is -0.497 e. The Bertz CT molecular complexity index is 1990. The third-order valence-corrected chi connectivity index (χ3v) is 12.9. The predicted molar refractivity (Wildman–Crippen MR) is 193 cm³/mol. The van der Waals surface area contributed by atoms with Crippen LogP contribution < -0.4 is 19.5 Å². The lowest BCUT2D eigenvalue weighted by molar-refractivity contribution is -0.131. The van der Waals surface area contributed by atoms with Crippen molar-refractivity contribution in [2.45, 2.75) is 87.6 Å². The van der Waals surface area contributed by atoms with Gasteiger partial charge in [-0.1, -0.05) is 26.0 Å². The summed E-state index contributed by atoms with van der Waals surface area (Å²) < 4.78 is 39.8. The number of methoxy groups -OCH3 is 1. The van der Waals surface area contributed by atoms with Crippen LogP contribution in [0.2, 0.25) is 0 Å². The van der Waals surface area contributed by atoms with Gasteiger partial charge in [0, 0.05) is 36.7 Å². The molecular weight excluding hydrogens is 693 g/mol. The fourth-order valence-electron chi connectivity index (χ4n) is 6.85. The molecular formula is C36H44N6O7S2. The zero-order valence-electron chi connectivity index (χ0n) is 29.3. The van der Waals surface area contributed by atoms with Crippen molar-refractivity contribution < 1.29 is 32.3 Å². The van der Waals surface area contributed by atoms with Crippen LogP contribution in [0.4, 0.5) is 4.79 Å². The summed E-state index contributed by atoms with van der Waals surface area (Å²) in [7, 11) is -0.517. The number of hydrogen-bond donors (Lipinski definition) is 2. The van der Waals surface area contributed by atoms with Gasteiger partial charge in [-0.15, -0.1) is 11.3 Å². The van der Waals surface area contributed by atoms with Crippen LogP contribution in [-0.4, -0.2) is 96.2 Å². The largest absolute Gasteiger partial charge is 0.497 e. The maximum atomic E-state index is 14.2. The average Bonchev–Trinajstić information content (AvgIpc) is 3.98. The van der Waals surface area contributed by atoms with Crippen molar-refractivity contribution in [2.24, 2.45) is 5.92 Å². The highest BCUT2D eigenvalue weighted by Crippen LogP contribution is 2.46. The first-order valence-electron chi connectivity index (χ1n) is 17.6. The van der Waals surface area contributed by atoms with Crippen LogP contribution >= 0.6 is 11.3 Å². The second kappa shape index (κ2) is 13.7. The Labute approximate surface area is 301 Å². The number of aromatic nitrogens is 2. The van der Waals surface area contributed by atoms with Crippen LogP contribution in [0.3, 0.4) is 0 Å². The third kappa shape index (κ3) is 7.14. The van der Waals surface area contributed by atoms with Crippen LogP contribution in [0.25, 0.3) is 21.5 Å². The Balaban J connectivity index is 1.19. The summed E-state index contributed by atoms with van der Waals surface area (Å²) in [5.74, 6) is -0.368. The molecule has 4 atom stereocenters. The molecule has 2 saturated carbocycles. The van der Waals surface area contributed by atoms with Gasteiger partial charge < -0.3 is 24.6 Å². The van der Waals surface area contributed by atoms with Crippen LogP contribution in [0.5, 0.6) is 11.6 Å². The molecule has 3 fully saturated rings. The Morgan fingerprint density at radius 3 is 2.69 bits per heavy atom. The van der Waals surface area contributed by atoms with Crippen molar-refractivity contribution in [1.29, 1.82) is 0 Å². The Morgan fingerprint density at radius 1 is 1.16 bits per heavy atom. The highest BCUT2D eigenvalue weighted by Gasteiger charge is 2.62. The molecule has 2 N–H and O–H groups in total.